The van der Waals surface area contributed by atoms with Gasteiger partial charge in [-0.05, 0) is 11.5 Å². The van der Waals surface area contributed by atoms with E-state index in [2.05, 4.69) is 29.0 Å². The lowest BCUT2D eigenvalue weighted by atomic mass is 10.1. The first-order valence-electron chi connectivity index (χ1n) is 5.68. The predicted molar refractivity (Wildman–Crippen MR) is 77.8 cm³/mol. The third kappa shape index (κ3) is 3.24. The van der Waals surface area contributed by atoms with Crippen molar-refractivity contribution in [2.24, 2.45) is 0 Å². The number of benzene rings is 1. The van der Waals surface area contributed by atoms with Crippen molar-refractivity contribution in [1.29, 1.82) is 0 Å². The zero-order chi connectivity index (χ0) is 11.9. The number of hydrogen-bond acceptors (Lipinski definition) is 3. The molecule has 0 fully saturated rings. The molecule has 1 N–H and O–H groups in total. The van der Waals surface area contributed by atoms with Gasteiger partial charge in [0.1, 0.15) is 5.82 Å². The molecule has 3 heteroatoms. The van der Waals surface area contributed by atoms with Crippen LogP contribution in [-0.4, -0.2) is 23.0 Å². The van der Waals surface area contributed by atoms with E-state index in [1.165, 1.54) is 10.8 Å². The second kappa shape index (κ2) is 6.30. The van der Waals surface area contributed by atoms with Gasteiger partial charge in [0, 0.05) is 29.6 Å². The molecule has 0 aliphatic carbocycles. The van der Waals surface area contributed by atoms with Crippen molar-refractivity contribution < 1.29 is 0 Å². The highest BCUT2D eigenvalue weighted by atomic mass is 32.2. The minimum absolute atomic E-state index is 0.930. The Kier molecular flexibility index (Phi) is 4.45. The normalized spacial score (nSPS) is 10.4. The molecular weight excluding hydrogens is 228 g/mol. The predicted octanol–water partition coefficient (Wildman–Crippen LogP) is 3.57. The molecule has 0 aliphatic rings. The Bertz CT molecular complexity index is 491. The number of fused-ring (bicyclic) bond motifs is 1. The molecule has 2 rings (SSSR count). The van der Waals surface area contributed by atoms with Gasteiger partial charge in [-0.2, -0.15) is 11.8 Å². The number of pyridine rings is 1. The van der Waals surface area contributed by atoms with Crippen LogP contribution in [0.3, 0.4) is 0 Å². The smallest absolute Gasteiger partial charge is 0.133 e. The van der Waals surface area contributed by atoms with Gasteiger partial charge in [-0.25, -0.2) is 4.98 Å². The highest BCUT2D eigenvalue weighted by Crippen LogP contribution is 2.20. The number of thioether (sulfide) groups is 1. The SMILES string of the molecule is C=CCSCCNc1nccc2ccccc12. The van der Waals surface area contributed by atoms with Crippen LogP contribution in [0.1, 0.15) is 0 Å². The summed E-state index contributed by atoms with van der Waals surface area (Å²) in [6, 6.07) is 10.3. The van der Waals surface area contributed by atoms with Crippen molar-refractivity contribution in [1.82, 2.24) is 4.98 Å². The van der Waals surface area contributed by atoms with Gasteiger partial charge >= 0.3 is 0 Å². The number of rotatable bonds is 6. The summed E-state index contributed by atoms with van der Waals surface area (Å²) in [5, 5.41) is 5.79. The minimum Gasteiger partial charge on any atom is -0.369 e. The third-order valence-electron chi connectivity index (χ3n) is 2.45. The van der Waals surface area contributed by atoms with E-state index < -0.39 is 0 Å². The van der Waals surface area contributed by atoms with Crippen molar-refractivity contribution >= 4 is 28.4 Å². The van der Waals surface area contributed by atoms with Gasteiger partial charge in [0.2, 0.25) is 0 Å². The molecule has 0 unspecified atom stereocenters. The van der Waals surface area contributed by atoms with Gasteiger partial charge in [0.25, 0.3) is 0 Å². The molecule has 0 aliphatic heterocycles. The van der Waals surface area contributed by atoms with Crippen molar-refractivity contribution in [3.05, 3.63) is 49.2 Å². The fraction of sp³-hybridized carbons (Fsp3) is 0.214. The van der Waals surface area contributed by atoms with Crippen LogP contribution >= 0.6 is 11.8 Å². The van der Waals surface area contributed by atoms with Gasteiger partial charge in [-0.3, -0.25) is 0 Å². The van der Waals surface area contributed by atoms with E-state index in [1.54, 1.807) is 0 Å². The first kappa shape index (κ1) is 12.0. The molecular formula is C14H16N2S. The molecule has 2 nitrogen and oxygen atoms in total. The van der Waals surface area contributed by atoms with Crippen LogP contribution < -0.4 is 5.32 Å². The second-order valence-electron chi connectivity index (χ2n) is 3.67. The Hall–Kier alpha value is -1.48. The third-order valence-corrected chi connectivity index (χ3v) is 3.41. The standard InChI is InChI=1S/C14H16N2S/c1-2-10-17-11-9-16-14-13-6-4-3-5-12(13)7-8-15-14/h2-8H,1,9-11H2,(H,15,16). The summed E-state index contributed by atoms with van der Waals surface area (Å²) in [7, 11) is 0. The first-order valence-corrected chi connectivity index (χ1v) is 6.83. The van der Waals surface area contributed by atoms with E-state index >= 15 is 0 Å². The lowest BCUT2D eigenvalue weighted by molar-refractivity contribution is 1.18. The lowest BCUT2D eigenvalue weighted by Crippen LogP contribution is -2.06. The number of aromatic nitrogens is 1. The van der Waals surface area contributed by atoms with Crippen LogP contribution in [0.15, 0.2) is 49.2 Å². The lowest BCUT2D eigenvalue weighted by Gasteiger charge is -2.07. The fourth-order valence-corrected chi connectivity index (χ4v) is 2.25. The van der Waals surface area contributed by atoms with Crippen LogP contribution in [0.2, 0.25) is 0 Å². The summed E-state index contributed by atoms with van der Waals surface area (Å²) in [4.78, 5) is 4.38. The molecule has 0 saturated carbocycles. The Morgan fingerprint density at radius 1 is 1.29 bits per heavy atom. The Labute approximate surface area is 106 Å². The van der Waals surface area contributed by atoms with Crippen LogP contribution in [0.5, 0.6) is 0 Å². The van der Waals surface area contributed by atoms with E-state index in [4.69, 9.17) is 0 Å². The van der Waals surface area contributed by atoms with Crippen LogP contribution in [-0.2, 0) is 0 Å². The molecule has 88 valence electrons. The highest BCUT2D eigenvalue weighted by Gasteiger charge is 1.99. The number of nitrogens with one attached hydrogen (secondary N) is 1. The van der Waals surface area contributed by atoms with E-state index in [9.17, 15) is 0 Å². The second-order valence-corrected chi connectivity index (χ2v) is 4.82. The van der Waals surface area contributed by atoms with Gasteiger partial charge in [0.05, 0.1) is 0 Å². The van der Waals surface area contributed by atoms with Crippen molar-refractivity contribution in [2.45, 2.75) is 0 Å². The van der Waals surface area contributed by atoms with E-state index in [0.29, 0.717) is 0 Å². The molecule has 17 heavy (non-hydrogen) atoms. The molecule has 0 bridgehead atoms. The Morgan fingerprint density at radius 3 is 3.06 bits per heavy atom. The maximum Gasteiger partial charge on any atom is 0.133 e. The van der Waals surface area contributed by atoms with E-state index in [-0.39, 0.29) is 0 Å². The summed E-state index contributed by atoms with van der Waals surface area (Å²) in [6.07, 6.45) is 3.78. The Balaban J connectivity index is 2.01. The summed E-state index contributed by atoms with van der Waals surface area (Å²) in [6.45, 7) is 4.63. The number of anilines is 1. The molecule has 1 aromatic carbocycles. The van der Waals surface area contributed by atoms with Gasteiger partial charge in [-0.1, -0.05) is 30.3 Å². The molecule has 1 heterocycles. The largest absolute Gasteiger partial charge is 0.369 e. The van der Waals surface area contributed by atoms with Gasteiger partial charge in [0.15, 0.2) is 0 Å². The molecule has 0 radical (unpaired) electrons. The zero-order valence-corrected chi connectivity index (χ0v) is 10.5. The number of nitrogens with zero attached hydrogens (tertiary/aromatic N) is 1. The van der Waals surface area contributed by atoms with E-state index in [1.807, 2.05) is 42.2 Å². The zero-order valence-electron chi connectivity index (χ0n) is 9.73. The highest BCUT2D eigenvalue weighted by molar-refractivity contribution is 7.99. The van der Waals surface area contributed by atoms with E-state index in [0.717, 1.165) is 23.9 Å². The van der Waals surface area contributed by atoms with Crippen LogP contribution in [0, 0.1) is 0 Å². The summed E-state index contributed by atoms with van der Waals surface area (Å²) in [5.74, 6) is 3.05. The minimum atomic E-state index is 0.930. The molecule has 0 amide bonds. The molecule has 0 saturated heterocycles. The average Bonchev–Trinajstić information content (AvgIpc) is 2.39. The van der Waals surface area contributed by atoms with Crippen molar-refractivity contribution in [3.63, 3.8) is 0 Å². The fourth-order valence-electron chi connectivity index (χ4n) is 1.67. The molecule has 0 atom stereocenters. The molecule has 1 aromatic heterocycles. The van der Waals surface area contributed by atoms with Crippen LogP contribution in [0.4, 0.5) is 5.82 Å². The number of hydrogen-bond donors (Lipinski definition) is 1. The molecule has 2 aromatic rings. The monoisotopic (exact) mass is 244 g/mol. The summed E-state index contributed by atoms with van der Waals surface area (Å²) in [5.41, 5.74) is 0. The quantitative estimate of drug-likeness (QED) is 0.621. The molecule has 0 spiro atoms. The topological polar surface area (TPSA) is 24.9 Å². The maximum absolute atomic E-state index is 4.38. The van der Waals surface area contributed by atoms with Crippen LogP contribution in [0.25, 0.3) is 10.8 Å². The summed E-state index contributed by atoms with van der Waals surface area (Å²) < 4.78 is 0. The van der Waals surface area contributed by atoms with Crippen molar-refractivity contribution in [3.8, 4) is 0 Å². The first-order chi connectivity index (χ1) is 8.42. The Morgan fingerprint density at radius 2 is 2.18 bits per heavy atom. The maximum atomic E-state index is 4.38. The van der Waals surface area contributed by atoms with Gasteiger partial charge < -0.3 is 5.32 Å². The average molecular weight is 244 g/mol. The summed E-state index contributed by atoms with van der Waals surface area (Å²) >= 11 is 1.87. The van der Waals surface area contributed by atoms with Crippen molar-refractivity contribution in [2.75, 3.05) is 23.4 Å². The van der Waals surface area contributed by atoms with Gasteiger partial charge in [-0.15, -0.1) is 6.58 Å².